The maximum absolute atomic E-state index is 13.0. The minimum absolute atomic E-state index is 0.0144. The topological polar surface area (TPSA) is 94.5 Å². The molecule has 2 aliphatic rings. The number of halogens is 1. The normalized spacial score (nSPS) is 16.7. The maximum atomic E-state index is 13.0. The molecule has 0 bridgehead atoms. The highest BCUT2D eigenvalue weighted by molar-refractivity contribution is 6.30. The van der Waals surface area contributed by atoms with Crippen LogP contribution in [0.2, 0.25) is 5.02 Å². The molecular weight excluding hydrogens is 408 g/mol. The van der Waals surface area contributed by atoms with Crippen LogP contribution in [0.25, 0.3) is 11.3 Å². The van der Waals surface area contributed by atoms with E-state index in [9.17, 15) is 9.59 Å². The lowest BCUT2D eigenvalue weighted by Crippen LogP contribution is -2.35. The first-order valence-corrected chi connectivity index (χ1v) is 9.73. The number of carbonyl (C=O) groups is 2. The number of aromatic nitrogens is 2. The zero-order chi connectivity index (χ0) is 20.8. The summed E-state index contributed by atoms with van der Waals surface area (Å²) in [6.45, 7) is 2.01. The molecule has 0 radical (unpaired) electrons. The number of carbonyl (C=O) groups excluding carboxylic acids is 2. The van der Waals surface area contributed by atoms with E-state index < -0.39 is 6.04 Å². The molecule has 3 aromatic rings. The number of ether oxygens (including phenoxy) is 2. The summed E-state index contributed by atoms with van der Waals surface area (Å²) in [6, 6.07) is 11.6. The van der Waals surface area contributed by atoms with Gasteiger partial charge < -0.3 is 20.1 Å². The fourth-order valence-electron chi connectivity index (χ4n) is 3.65. The SMILES string of the molecule is Cc1c(-c2cccc(Cl)c2)nn2c1NC(=O)CC2C(=O)Nc1ccc2c(c1)OCO2. The Labute approximate surface area is 176 Å². The fourth-order valence-corrected chi connectivity index (χ4v) is 3.84. The molecule has 2 aromatic carbocycles. The molecule has 0 aliphatic carbocycles. The van der Waals surface area contributed by atoms with Crippen LogP contribution >= 0.6 is 11.6 Å². The van der Waals surface area contributed by atoms with Crippen molar-refractivity contribution in [3.8, 4) is 22.8 Å². The minimum atomic E-state index is -0.786. The van der Waals surface area contributed by atoms with E-state index in [4.69, 9.17) is 21.1 Å². The second-order valence-electron chi connectivity index (χ2n) is 7.10. The van der Waals surface area contributed by atoms with Gasteiger partial charge in [0.1, 0.15) is 11.9 Å². The lowest BCUT2D eigenvalue weighted by Gasteiger charge is -2.24. The van der Waals surface area contributed by atoms with Gasteiger partial charge in [-0.3, -0.25) is 9.59 Å². The molecule has 1 aromatic heterocycles. The molecule has 9 heteroatoms. The molecule has 1 atom stereocenters. The Hall–Kier alpha value is -3.52. The van der Waals surface area contributed by atoms with Crippen molar-refractivity contribution in [2.75, 3.05) is 17.4 Å². The van der Waals surface area contributed by atoms with Crippen molar-refractivity contribution in [2.24, 2.45) is 0 Å². The molecule has 30 heavy (non-hydrogen) atoms. The van der Waals surface area contributed by atoms with Gasteiger partial charge in [-0.1, -0.05) is 23.7 Å². The highest BCUT2D eigenvalue weighted by Gasteiger charge is 2.34. The summed E-state index contributed by atoms with van der Waals surface area (Å²) in [5.41, 5.74) is 2.79. The number of rotatable bonds is 3. The first kappa shape index (κ1) is 18.5. The van der Waals surface area contributed by atoms with Crippen LogP contribution in [0.4, 0.5) is 11.5 Å². The molecule has 2 N–H and O–H groups in total. The molecule has 3 heterocycles. The molecule has 2 amide bonds. The number of nitrogens with one attached hydrogen (secondary N) is 2. The third-order valence-electron chi connectivity index (χ3n) is 5.12. The van der Waals surface area contributed by atoms with Crippen molar-refractivity contribution < 1.29 is 19.1 Å². The molecule has 0 spiro atoms. The Morgan fingerprint density at radius 3 is 2.90 bits per heavy atom. The van der Waals surface area contributed by atoms with E-state index in [-0.39, 0.29) is 25.0 Å². The van der Waals surface area contributed by atoms with Gasteiger partial charge in [-0.2, -0.15) is 5.10 Å². The van der Waals surface area contributed by atoms with Crippen LogP contribution in [0.1, 0.15) is 18.0 Å². The summed E-state index contributed by atoms with van der Waals surface area (Å²) >= 11 is 6.12. The molecule has 0 saturated heterocycles. The number of hydrogen-bond acceptors (Lipinski definition) is 5. The summed E-state index contributed by atoms with van der Waals surface area (Å²) in [5, 5.41) is 10.9. The van der Waals surface area contributed by atoms with Gasteiger partial charge in [0.25, 0.3) is 0 Å². The highest BCUT2D eigenvalue weighted by Crippen LogP contribution is 2.37. The lowest BCUT2D eigenvalue weighted by atomic mass is 10.1. The van der Waals surface area contributed by atoms with Crippen molar-refractivity contribution in [2.45, 2.75) is 19.4 Å². The van der Waals surface area contributed by atoms with E-state index in [1.807, 2.05) is 19.1 Å². The second-order valence-corrected chi connectivity index (χ2v) is 7.54. The molecule has 0 saturated carbocycles. The van der Waals surface area contributed by atoms with E-state index in [1.165, 1.54) is 0 Å². The first-order chi connectivity index (χ1) is 14.5. The summed E-state index contributed by atoms with van der Waals surface area (Å²) in [5.74, 6) is 1.11. The molecule has 152 valence electrons. The number of hydrogen-bond donors (Lipinski definition) is 2. The van der Waals surface area contributed by atoms with Crippen molar-refractivity contribution in [1.29, 1.82) is 0 Å². The van der Waals surface area contributed by atoms with Crippen molar-refractivity contribution in [3.05, 3.63) is 53.1 Å². The number of amides is 2. The summed E-state index contributed by atoms with van der Waals surface area (Å²) in [7, 11) is 0. The van der Waals surface area contributed by atoms with Crippen molar-refractivity contribution >= 4 is 34.9 Å². The van der Waals surface area contributed by atoms with Crippen LogP contribution in [0.3, 0.4) is 0 Å². The average molecular weight is 425 g/mol. The van der Waals surface area contributed by atoms with Crippen LogP contribution in [0.5, 0.6) is 11.5 Å². The number of nitrogens with zero attached hydrogens (tertiary/aromatic N) is 2. The third kappa shape index (κ3) is 3.15. The Kier molecular flexibility index (Phi) is 4.36. The number of benzene rings is 2. The summed E-state index contributed by atoms with van der Waals surface area (Å²) in [6.07, 6.45) is -0.0144. The lowest BCUT2D eigenvalue weighted by molar-refractivity contribution is -0.125. The highest BCUT2D eigenvalue weighted by atomic mass is 35.5. The Bertz CT molecular complexity index is 1190. The predicted octanol–water partition coefficient (Wildman–Crippen LogP) is 3.76. The molecule has 5 rings (SSSR count). The van der Waals surface area contributed by atoms with Crippen LogP contribution in [-0.4, -0.2) is 28.4 Å². The van der Waals surface area contributed by atoms with E-state index in [0.29, 0.717) is 33.7 Å². The first-order valence-electron chi connectivity index (χ1n) is 9.35. The van der Waals surface area contributed by atoms with Gasteiger partial charge in [0, 0.05) is 27.9 Å². The smallest absolute Gasteiger partial charge is 0.249 e. The third-order valence-corrected chi connectivity index (χ3v) is 5.35. The van der Waals surface area contributed by atoms with E-state index in [2.05, 4.69) is 15.7 Å². The fraction of sp³-hybridized carbons (Fsp3) is 0.190. The van der Waals surface area contributed by atoms with Gasteiger partial charge in [0.15, 0.2) is 11.5 Å². The van der Waals surface area contributed by atoms with Crippen LogP contribution in [0, 0.1) is 6.92 Å². The Morgan fingerprint density at radius 1 is 1.23 bits per heavy atom. The molecule has 8 nitrogen and oxygen atoms in total. The largest absolute Gasteiger partial charge is 0.454 e. The zero-order valence-electron chi connectivity index (χ0n) is 15.9. The van der Waals surface area contributed by atoms with Gasteiger partial charge in [0.05, 0.1) is 12.1 Å². The van der Waals surface area contributed by atoms with Crippen molar-refractivity contribution in [3.63, 3.8) is 0 Å². The molecule has 0 fully saturated rings. The standard InChI is InChI=1S/C21H17ClN4O4/c1-11-19(12-3-2-4-13(22)7-12)25-26-15(9-18(27)24-20(11)26)21(28)23-14-5-6-16-17(8-14)30-10-29-16/h2-8,15H,9-10H2,1H3,(H,23,28)(H,24,27). The van der Waals surface area contributed by atoms with Crippen LogP contribution < -0.4 is 20.1 Å². The second kappa shape index (κ2) is 7.07. The Morgan fingerprint density at radius 2 is 2.07 bits per heavy atom. The molecular formula is C21H17ClN4O4. The minimum Gasteiger partial charge on any atom is -0.454 e. The number of fused-ring (bicyclic) bond motifs is 2. The zero-order valence-corrected chi connectivity index (χ0v) is 16.7. The van der Waals surface area contributed by atoms with Crippen LogP contribution in [-0.2, 0) is 9.59 Å². The van der Waals surface area contributed by atoms with Gasteiger partial charge >= 0.3 is 0 Å². The van der Waals surface area contributed by atoms with Gasteiger partial charge in [0.2, 0.25) is 18.6 Å². The van der Waals surface area contributed by atoms with E-state index in [0.717, 1.165) is 11.1 Å². The number of anilines is 2. The predicted molar refractivity (Wildman–Crippen MR) is 111 cm³/mol. The average Bonchev–Trinajstić information content (AvgIpc) is 3.32. The summed E-state index contributed by atoms with van der Waals surface area (Å²) in [4.78, 5) is 25.4. The molecule has 1 unspecified atom stereocenters. The monoisotopic (exact) mass is 424 g/mol. The van der Waals surface area contributed by atoms with Crippen LogP contribution in [0.15, 0.2) is 42.5 Å². The Balaban J connectivity index is 1.48. The molecule has 2 aliphatic heterocycles. The maximum Gasteiger partial charge on any atom is 0.249 e. The van der Waals surface area contributed by atoms with E-state index >= 15 is 0 Å². The van der Waals surface area contributed by atoms with E-state index in [1.54, 1.807) is 35.0 Å². The quantitative estimate of drug-likeness (QED) is 0.667. The van der Waals surface area contributed by atoms with Gasteiger partial charge in [-0.15, -0.1) is 0 Å². The van der Waals surface area contributed by atoms with Gasteiger partial charge in [-0.05, 0) is 31.2 Å². The summed E-state index contributed by atoms with van der Waals surface area (Å²) < 4.78 is 12.2. The van der Waals surface area contributed by atoms with Gasteiger partial charge in [-0.25, -0.2) is 4.68 Å². The van der Waals surface area contributed by atoms with Crippen molar-refractivity contribution in [1.82, 2.24) is 9.78 Å².